The van der Waals surface area contributed by atoms with Crippen molar-refractivity contribution in [3.63, 3.8) is 0 Å². The van der Waals surface area contributed by atoms with Crippen molar-refractivity contribution in [1.29, 1.82) is 0 Å². The highest BCUT2D eigenvalue weighted by Crippen LogP contribution is 2.13. The van der Waals surface area contributed by atoms with Crippen molar-refractivity contribution in [3.05, 3.63) is 0 Å². The van der Waals surface area contributed by atoms with Gasteiger partial charge in [-0.3, -0.25) is 4.79 Å². The zero-order valence-electron chi connectivity index (χ0n) is 11.4. The summed E-state index contributed by atoms with van der Waals surface area (Å²) in [5.41, 5.74) is 5.71. The van der Waals surface area contributed by atoms with Gasteiger partial charge in [-0.2, -0.15) is 4.31 Å². The van der Waals surface area contributed by atoms with E-state index in [-0.39, 0.29) is 37.5 Å². The Morgan fingerprint density at radius 1 is 1.58 bits per heavy atom. The van der Waals surface area contributed by atoms with Gasteiger partial charge < -0.3 is 15.2 Å². The molecule has 2 N–H and O–H groups in total. The van der Waals surface area contributed by atoms with Crippen LogP contribution < -0.4 is 5.73 Å². The molecule has 1 aliphatic heterocycles. The molecule has 0 aliphatic carbocycles. The van der Waals surface area contributed by atoms with Crippen LogP contribution in [0, 0.1) is 0 Å². The first-order valence-corrected chi connectivity index (χ1v) is 7.98. The number of carbonyl (C=O) groups excluding carboxylic acids is 1. The van der Waals surface area contributed by atoms with Crippen LogP contribution in [0.15, 0.2) is 0 Å². The van der Waals surface area contributed by atoms with Gasteiger partial charge >= 0.3 is 5.97 Å². The van der Waals surface area contributed by atoms with Gasteiger partial charge in [0.25, 0.3) is 0 Å². The van der Waals surface area contributed by atoms with E-state index in [1.54, 1.807) is 13.8 Å². The highest BCUT2D eigenvalue weighted by atomic mass is 32.2. The van der Waals surface area contributed by atoms with E-state index in [1.807, 2.05) is 0 Å². The monoisotopic (exact) mass is 294 g/mol. The topological polar surface area (TPSA) is 98.9 Å². The van der Waals surface area contributed by atoms with Gasteiger partial charge in [0.1, 0.15) is 0 Å². The molecule has 1 fully saturated rings. The Kier molecular flexibility index (Phi) is 6.18. The van der Waals surface area contributed by atoms with E-state index in [2.05, 4.69) is 0 Å². The van der Waals surface area contributed by atoms with E-state index in [0.717, 1.165) is 0 Å². The van der Waals surface area contributed by atoms with Crippen molar-refractivity contribution in [3.8, 4) is 0 Å². The van der Waals surface area contributed by atoms with Crippen LogP contribution in [0.5, 0.6) is 0 Å². The fourth-order valence-electron chi connectivity index (χ4n) is 1.80. The van der Waals surface area contributed by atoms with Gasteiger partial charge in [0.05, 0.1) is 31.5 Å². The lowest BCUT2D eigenvalue weighted by molar-refractivity contribution is -0.142. The first-order chi connectivity index (χ1) is 8.86. The summed E-state index contributed by atoms with van der Waals surface area (Å²) in [6.07, 6.45) is -0.428. The molecule has 19 heavy (non-hydrogen) atoms. The molecule has 7 nitrogen and oxygen atoms in total. The van der Waals surface area contributed by atoms with Crippen molar-refractivity contribution in [2.24, 2.45) is 5.73 Å². The highest BCUT2D eigenvalue weighted by Gasteiger charge is 2.31. The SMILES string of the molecule is CCOC(=O)CCS(=O)(=O)N1CCOC(C(C)N)C1. The second-order valence-electron chi connectivity index (χ2n) is 4.50. The lowest BCUT2D eigenvalue weighted by Gasteiger charge is -2.33. The van der Waals surface area contributed by atoms with E-state index in [9.17, 15) is 13.2 Å². The summed E-state index contributed by atoms with van der Waals surface area (Å²) in [6, 6.07) is -0.233. The molecule has 0 aromatic heterocycles. The third-order valence-corrected chi connectivity index (χ3v) is 4.74. The number of carbonyl (C=O) groups is 1. The van der Waals surface area contributed by atoms with Crippen molar-refractivity contribution in [2.75, 3.05) is 32.1 Å². The molecule has 8 heteroatoms. The summed E-state index contributed by atoms with van der Waals surface area (Å²) in [6.45, 7) is 4.58. The quantitative estimate of drug-likeness (QED) is 0.652. The summed E-state index contributed by atoms with van der Waals surface area (Å²) >= 11 is 0. The molecular formula is C11H22N2O5S. The van der Waals surface area contributed by atoms with Crippen LogP contribution in [0.25, 0.3) is 0 Å². The maximum absolute atomic E-state index is 12.1. The second-order valence-corrected chi connectivity index (χ2v) is 6.59. The number of morpholine rings is 1. The molecule has 0 aromatic rings. The van der Waals surface area contributed by atoms with Gasteiger partial charge in [0, 0.05) is 19.1 Å². The largest absolute Gasteiger partial charge is 0.466 e. The van der Waals surface area contributed by atoms with Crippen LogP contribution in [-0.4, -0.2) is 62.9 Å². The molecule has 1 heterocycles. The number of sulfonamides is 1. The third-order valence-electron chi connectivity index (χ3n) is 2.91. The van der Waals surface area contributed by atoms with E-state index >= 15 is 0 Å². The molecule has 1 saturated heterocycles. The number of hydrogen-bond acceptors (Lipinski definition) is 6. The number of hydrogen-bond donors (Lipinski definition) is 1. The molecular weight excluding hydrogens is 272 g/mol. The highest BCUT2D eigenvalue weighted by molar-refractivity contribution is 7.89. The van der Waals surface area contributed by atoms with Crippen LogP contribution in [-0.2, 0) is 24.3 Å². The fourth-order valence-corrected chi connectivity index (χ4v) is 3.21. The van der Waals surface area contributed by atoms with Gasteiger partial charge in [-0.05, 0) is 13.8 Å². The smallest absolute Gasteiger partial charge is 0.306 e. The number of esters is 1. The molecule has 0 aromatic carbocycles. The Labute approximate surface area is 114 Å². The zero-order valence-corrected chi connectivity index (χ0v) is 12.2. The van der Waals surface area contributed by atoms with E-state index in [4.69, 9.17) is 15.2 Å². The van der Waals surface area contributed by atoms with Crippen LogP contribution in [0.2, 0.25) is 0 Å². The van der Waals surface area contributed by atoms with Crippen LogP contribution in [0.1, 0.15) is 20.3 Å². The Morgan fingerprint density at radius 2 is 2.26 bits per heavy atom. The average Bonchev–Trinajstić information content (AvgIpc) is 2.37. The van der Waals surface area contributed by atoms with Crippen LogP contribution >= 0.6 is 0 Å². The maximum atomic E-state index is 12.1. The predicted octanol–water partition coefficient (Wildman–Crippen LogP) is -0.683. The maximum Gasteiger partial charge on any atom is 0.306 e. The van der Waals surface area contributed by atoms with Gasteiger partial charge in [-0.25, -0.2) is 8.42 Å². The molecule has 2 atom stereocenters. The van der Waals surface area contributed by atoms with Crippen molar-refractivity contribution >= 4 is 16.0 Å². The predicted molar refractivity (Wildman–Crippen MR) is 70.0 cm³/mol. The first kappa shape index (κ1) is 16.4. The molecule has 2 unspecified atom stereocenters. The molecule has 0 saturated carbocycles. The van der Waals surface area contributed by atoms with E-state index in [1.165, 1.54) is 4.31 Å². The van der Waals surface area contributed by atoms with Crippen LogP contribution in [0.3, 0.4) is 0 Å². The fraction of sp³-hybridized carbons (Fsp3) is 0.909. The summed E-state index contributed by atoms with van der Waals surface area (Å²) in [4.78, 5) is 11.2. The second kappa shape index (κ2) is 7.18. The Bertz CT molecular complexity index is 396. The first-order valence-electron chi connectivity index (χ1n) is 6.37. The molecule has 0 radical (unpaired) electrons. The van der Waals surface area contributed by atoms with Gasteiger partial charge in [0.15, 0.2) is 0 Å². The zero-order chi connectivity index (χ0) is 14.5. The Morgan fingerprint density at radius 3 is 2.84 bits per heavy atom. The van der Waals surface area contributed by atoms with Gasteiger partial charge in [-0.1, -0.05) is 0 Å². The van der Waals surface area contributed by atoms with Gasteiger partial charge in [0.2, 0.25) is 10.0 Å². The summed E-state index contributed by atoms with van der Waals surface area (Å²) < 4.78 is 35.6. The Balaban J connectivity index is 2.54. The Hall–Kier alpha value is -0.700. The number of rotatable bonds is 6. The lowest BCUT2D eigenvalue weighted by Crippen LogP contribution is -2.51. The number of nitrogens with two attached hydrogens (primary N) is 1. The van der Waals surface area contributed by atoms with Gasteiger partial charge in [-0.15, -0.1) is 0 Å². The minimum Gasteiger partial charge on any atom is -0.466 e. The van der Waals surface area contributed by atoms with Crippen molar-refractivity contribution in [2.45, 2.75) is 32.4 Å². The standard InChI is InChI=1S/C11H22N2O5S/c1-3-17-11(14)4-7-19(15,16)13-5-6-18-10(8-13)9(2)12/h9-10H,3-8,12H2,1-2H3. The molecule has 0 bridgehead atoms. The molecule has 0 amide bonds. The molecule has 1 rings (SSSR count). The van der Waals surface area contributed by atoms with Crippen LogP contribution in [0.4, 0.5) is 0 Å². The number of nitrogens with zero attached hydrogens (tertiary/aromatic N) is 1. The summed E-state index contributed by atoms with van der Waals surface area (Å²) in [7, 11) is -3.47. The number of ether oxygens (including phenoxy) is 2. The van der Waals surface area contributed by atoms with E-state index < -0.39 is 16.0 Å². The van der Waals surface area contributed by atoms with Crippen molar-refractivity contribution in [1.82, 2.24) is 4.31 Å². The molecule has 1 aliphatic rings. The normalized spacial score (nSPS) is 23.0. The average molecular weight is 294 g/mol. The lowest BCUT2D eigenvalue weighted by atomic mass is 10.2. The minimum absolute atomic E-state index is 0.129. The molecule has 0 spiro atoms. The summed E-state index contributed by atoms with van der Waals surface area (Å²) in [5.74, 6) is -0.736. The minimum atomic E-state index is -3.47. The van der Waals surface area contributed by atoms with E-state index in [0.29, 0.717) is 13.2 Å². The van der Waals surface area contributed by atoms with Crippen molar-refractivity contribution < 1.29 is 22.7 Å². The third kappa shape index (κ3) is 5.06. The molecule has 112 valence electrons. The summed E-state index contributed by atoms with van der Waals surface area (Å²) in [5, 5.41) is 0.